The first-order valence-corrected chi connectivity index (χ1v) is 6.24. The minimum absolute atomic E-state index is 0.0501. The van der Waals surface area contributed by atoms with Crippen LogP contribution >= 0.6 is 12.2 Å². The van der Waals surface area contributed by atoms with Gasteiger partial charge in [0.05, 0.1) is 6.61 Å². The number of ether oxygens (including phenoxy) is 1. The van der Waals surface area contributed by atoms with E-state index in [2.05, 4.69) is 10.6 Å². The van der Waals surface area contributed by atoms with Crippen molar-refractivity contribution in [3.05, 3.63) is 0 Å². The van der Waals surface area contributed by atoms with Crippen LogP contribution in [0.15, 0.2) is 0 Å². The highest BCUT2D eigenvalue weighted by Crippen LogP contribution is 2.05. The quantitative estimate of drug-likeness (QED) is 0.496. The van der Waals surface area contributed by atoms with E-state index >= 15 is 0 Å². The predicted octanol–water partition coefficient (Wildman–Crippen LogP) is 0.310. The molecule has 0 saturated carbocycles. The molecule has 3 N–H and O–H groups in total. The lowest BCUT2D eigenvalue weighted by Gasteiger charge is -2.21. The van der Waals surface area contributed by atoms with Crippen LogP contribution in [0.4, 0.5) is 4.79 Å². The fourth-order valence-electron chi connectivity index (χ4n) is 1.03. The van der Waals surface area contributed by atoms with Crippen molar-refractivity contribution in [2.24, 2.45) is 0 Å². The lowest BCUT2D eigenvalue weighted by atomic mass is 10.2. The van der Waals surface area contributed by atoms with Gasteiger partial charge in [0, 0.05) is 26.7 Å². The molecule has 0 aliphatic carbocycles. The van der Waals surface area contributed by atoms with Gasteiger partial charge < -0.3 is 25.4 Å². The van der Waals surface area contributed by atoms with Gasteiger partial charge in [-0.15, -0.1) is 0 Å². The van der Waals surface area contributed by atoms with Crippen molar-refractivity contribution in [3.63, 3.8) is 0 Å². The number of nitrogens with zero attached hydrogens (tertiary/aromatic N) is 1. The maximum atomic E-state index is 11.3. The maximum Gasteiger partial charge on any atom is 0.407 e. The summed E-state index contributed by atoms with van der Waals surface area (Å²) in [7, 11) is 1.78. The molecule has 0 spiro atoms. The van der Waals surface area contributed by atoms with E-state index in [0.29, 0.717) is 24.7 Å². The third-order valence-electron chi connectivity index (χ3n) is 1.85. The molecule has 0 unspecified atom stereocenters. The number of carbonyl (C=O) groups excluding carboxylic acids is 1. The molecule has 0 aromatic carbocycles. The first kappa shape index (κ1) is 16.9. The van der Waals surface area contributed by atoms with Gasteiger partial charge in [-0.05, 0) is 33.0 Å². The zero-order valence-electron chi connectivity index (χ0n) is 11.4. The Balaban J connectivity index is 3.68. The first-order chi connectivity index (χ1) is 8.26. The molecule has 0 fully saturated rings. The van der Waals surface area contributed by atoms with Gasteiger partial charge in [0.2, 0.25) is 0 Å². The number of hydrogen-bond acceptors (Lipinski definition) is 4. The largest absolute Gasteiger partial charge is 0.444 e. The summed E-state index contributed by atoms with van der Waals surface area (Å²) in [5, 5.41) is 14.8. The van der Waals surface area contributed by atoms with Crippen molar-refractivity contribution in [3.8, 4) is 0 Å². The number of aliphatic hydroxyl groups excluding tert-OH is 1. The second-order valence-corrected chi connectivity index (χ2v) is 5.19. The van der Waals surface area contributed by atoms with Crippen molar-refractivity contribution in [2.75, 3.05) is 33.3 Å². The molecule has 0 aliphatic heterocycles. The third kappa shape index (κ3) is 9.00. The smallest absolute Gasteiger partial charge is 0.407 e. The first-order valence-electron chi connectivity index (χ1n) is 5.83. The van der Waals surface area contributed by atoms with Gasteiger partial charge in [-0.3, -0.25) is 0 Å². The summed E-state index contributed by atoms with van der Waals surface area (Å²) >= 11 is 5.07. The molecule has 0 aliphatic rings. The summed E-state index contributed by atoms with van der Waals surface area (Å²) in [6, 6.07) is 0. The second kappa shape index (κ2) is 8.10. The zero-order valence-corrected chi connectivity index (χ0v) is 12.3. The van der Waals surface area contributed by atoms with Crippen LogP contribution < -0.4 is 10.6 Å². The summed E-state index contributed by atoms with van der Waals surface area (Å²) in [6.45, 7) is 6.88. The number of carbonyl (C=O) groups is 1. The summed E-state index contributed by atoms with van der Waals surface area (Å²) in [5.74, 6) is 0. The highest BCUT2D eigenvalue weighted by molar-refractivity contribution is 7.80. The van der Waals surface area contributed by atoms with E-state index in [0.717, 1.165) is 0 Å². The molecule has 0 aromatic rings. The molecule has 0 radical (unpaired) electrons. The number of amides is 1. The van der Waals surface area contributed by atoms with Crippen LogP contribution in [-0.4, -0.2) is 60.1 Å². The molecule has 0 atom stereocenters. The van der Waals surface area contributed by atoms with Gasteiger partial charge >= 0.3 is 6.09 Å². The lowest BCUT2D eigenvalue weighted by Crippen LogP contribution is -2.42. The molecule has 0 rings (SSSR count). The third-order valence-corrected chi connectivity index (χ3v) is 2.31. The van der Waals surface area contributed by atoms with E-state index in [1.54, 1.807) is 11.9 Å². The van der Waals surface area contributed by atoms with Crippen molar-refractivity contribution in [2.45, 2.75) is 26.4 Å². The minimum atomic E-state index is -0.492. The van der Waals surface area contributed by atoms with E-state index in [-0.39, 0.29) is 6.61 Å². The van der Waals surface area contributed by atoms with Gasteiger partial charge in [-0.2, -0.15) is 0 Å². The maximum absolute atomic E-state index is 11.3. The average molecular weight is 277 g/mol. The molecular formula is C11H23N3O3S. The normalized spacial score (nSPS) is 10.7. The van der Waals surface area contributed by atoms with E-state index < -0.39 is 11.7 Å². The lowest BCUT2D eigenvalue weighted by molar-refractivity contribution is 0.0529. The molecule has 18 heavy (non-hydrogen) atoms. The van der Waals surface area contributed by atoms with E-state index in [4.69, 9.17) is 22.1 Å². The molecule has 106 valence electrons. The van der Waals surface area contributed by atoms with Crippen molar-refractivity contribution in [1.82, 2.24) is 15.5 Å². The molecule has 0 bridgehead atoms. The van der Waals surface area contributed by atoms with Gasteiger partial charge in [-0.25, -0.2) is 4.79 Å². The summed E-state index contributed by atoms with van der Waals surface area (Å²) in [6.07, 6.45) is -0.445. The van der Waals surface area contributed by atoms with Crippen LogP contribution in [0.25, 0.3) is 0 Å². The standard InChI is InChI=1S/C11H23N3O3S/c1-11(2,3)17-10(16)13-6-5-12-9(18)14(4)7-8-15/h15H,5-8H2,1-4H3,(H,12,18)(H,13,16). The Morgan fingerprint density at radius 3 is 2.39 bits per heavy atom. The van der Waals surface area contributed by atoms with E-state index in [1.165, 1.54) is 0 Å². The predicted molar refractivity (Wildman–Crippen MR) is 74.6 cm³/mol. The van der Waals surface area contributed by atoms with E-state index in [9.17, 15) is 4.79 Å². The fraction of sp³-hybridized carbons (Fsp3) is 0.818. The van der Waals surface area contributed by atoms with E-state index in [1.807, 2.05) is 20.8 Å². The monoisotopic (exact) mass is 277 g/mol. The molecule has 7 heteroatoms. The second-order valence-electron chi connectivity index (χ2n) is 4.81. The Hall–Kier alpha value is -1.08. The number of alkyl carbamates (subject to hydrolysis) is 1. The molecule has 1 amide bonds. The number of likely N-dealkylation sites (N-methyl/N-ethyl adjacent to an activating group) is 1. The SMILES string of the molecule is CN(CCO)C(=S)NCCNC(=O)OC(C)(C)C. The van der Waals surface area contributed by atoms with Crippen LogP contribution in [0.5, 0.6) is 0 Å². The average Bonchev–Trinajstić information content (AvgIpc) is 2.21. The number of aliphatic hydroxyl groups is 1. The number of rotatable bonds is 5. The topological polar surface area (TPSA) is 73.8 Å². The summed E-state index contributed by atoms with van der Waals surface area (Å²) in [4.78, 5) is 13.0. The van der Waals surface area contributed by atoms with Gasteiger partial charge in [0.1, 0.15) is 5.60 Å². The number of nitrogens with one attached hydrogen (secondary N) is 2. The molecular weight excluding hydrogens is 254 g/mol. The summed E-state index contributed by atoms with van der Waals surface area (Å²) in [5.41, 5.74) is -0.492. The summed E-state index contributed by atoms with van der Waals surface area (Å²) < 4.78 is 5.08. The Morgan fingerprint density at radius 2 is 1.89 bits per heavy atom. The van der Waals surface area contributed by atoms with Crippen LogP contribution in [0.2, 0.25) is 0 Å². The van der Waals surface area contributed by atoms with Crippen molar-refractivity contribution < 1.29 is 14.6 Å². The van der Waals surface area contributed by atoms with Crippen LogP contribution in [0.3, 0.4) is 0 Å². The Morgan fingerprint density at radius 1 is 1.33 bits per heavy atom. The molecule has 0 heterocycles. The Labute approximate surface area is 114 Å². The number of hydrogen-bond donors (Lipinski definition) is 3. The fourth-order valence-corrected chi connectivity index (χ4v) is 1.23. The Kier molecular flexibility index (Phi) is 7.61. The zero-order chi connectivity index (χ0) is 14.2. The van der Waals surface area contributed by atoms with Gasteiger partial charge in [0.25, 0.3) is 0 Å². The van der Waals surface area contributed by atoms with Gasteiger partial charge in [-0.1, -0.05) is 0 Å². The Bertz CT molecular complexity index is 279. The highest BCUT2D eigenvalue weighted by atomic mass is 32.1. The molecule has 0 saturated heterocycles. The minimum Gasteiger partial charge on any atom is -0.444 e. The highest BCUT2D eigenvalue weighted by Gasteiger charge is 2.15. The van der Waals surface area contributed by atoms with Crippen molar-refractivity contribution in [1.29, 1.82) is 0 Å². The van der Waals surface area contributed by atoms with Crippen LogP contribution in [0, 0.1) is 0 Å². The van der Waals surface area contributed by atoms with Gasteiger partial charge in [0.15, 0.2) is 5.11 Å². The van der Waals surface area contributed by atoms with Crippen LogP contribution in [0.1, 0.15) is 20.8 Å². The van der Waals surface area contributed by atoms with Crippen LogP contribution in [-0.2, 0) is 4.74 Å². The molecule has 0 aromatic heterocycles. The number of thiocarbonyl (C=S) groups is 1. The molecule has 6 nitrogen and oxygen atoms in total. The van der Waals surface area contributed by atoms with Crippen molar-refractivity contribution >= 4 is 23.4 Å².